The van der Waals surface area contributed by atoms with Gasteiger partial charge < -0.3 is 33.7 Å². The molecule has 1 aromatic carbocycles. The summed E-state index contributed by atoms with van der Waals surface area (Å²) >= 11 is 0. The van der Waals surface area contributed by atoms with Crippen LogP contribution >= 0.6 is 0 Å². The fourth-order valence-electron chi connectivity index (χ4n) is 3.84. The van der Waals surface area contributed by atoms with E-state index in [2.05, 4.69) is 5.32 Å². The lowest BCUT2D eigenvalue weighted by Gasteiger charge is -2.36. The van der Waals surface area contributed by atoms with Crippen molar-refractivity contribution in [1.29, 1.82) is 0 Å². The van der Waals surface area contributed by atoms with E-state index in [1.54, 1.807) is 38.1 Å². The molecule has 4 rings (SSSR count). The summed E-state index contributed by atoms with van der Waals surface area (Å²) in [6.45, 7) is 9.73. The summed E-state index contributed by atoms with van der Waals surface area (Å²) in [6, 6.07) is 7.16. The van der Waals surface area contributed by atoms with Gasteiger partial charge in [0.25, 0.3) is 5.91 Å². The first-order valence-corrected chi connectivity index (χ1v) is 9.58. The predicted molar refractivity (Wildman–Crippen MR) is 98.8 cm³/mol. The van der Waals surface area contributed by atoms with Crippen LogP contribution in [0.3, 0.4) is 0 Å². The Morgan fingerprint density at radius 1 is 0.964 bits per heavy atom. The molecule has 3 aliphatic rings. The van der Waals surface area contributed by atoms with Crippen molar-refractivity contribution >= 4 is 11.6 Å². The van der Waals surface area contributed by atoms with Gasteiger partial charge in [0, 0.05) is 5.69 Å². The minimum Gasteiger partial charge on any atom is -0.494 e. The number of benzene rings is 1. The average Bonchev–Trinajstić information content (AvgIpc) is 3.10. The number of fused-ring (bicyclic) bond motifs is 3. The number of nitrogens with one attached hydrogen (secondary N) is 1. The van der Waals surface area contributed by atoms with Crippen molar-refractivity contribution < 1.29 is 33.2 Å². The van der Waals surface area contributed by atoms with Gasteiger partial charge in [0.1, 0.15) is 24.1 Å². The number of ether oxygens (including phenoxy) is 6. The average molecular weight is 393 g/mol. The van der Waals surface area contributed by atoms with Crippen LogP contribution < -0.4 is 10.1 Å². The van der Waals surface area contributed by atoms with E-state index in [1.807, 2.05) is 20.8 Å². The molecule has 8 nitrogen and oxygen atoms in total. The van der Waals surface area contributed by atoms with Crippen LogP contribution in [0.5, 0.6) is 5.75 Å². The molecule has 1 N–H and O–H groups in total. The van der Waals surface area contributed by atoms with Gasteiger partial charge in [-0.15, -0.1) is 0 Å². The van der Waals surface area contributed by atoms with E-state index in [4.69, 9.17) is 28.4 Å². The number of carbonyl (C=O) groups excluding carboxylic acids is 1. The van der Waals surface area contributed by atoms with Crippen molar-refractivity contribution in [2.24, 2.45) is 0 Å². The summed E-state index contributed by atoms with van der Waals surface area (Å²) < 4.78 is 35.2. The number of anilines is 1. The van der Waals surface area contributed by atoms with Crippen LogP contribution in [-0.2, 0) is 28.5 Å². The highest BCUT2D eigenvalue weighted by atomic mass is 16.9. The van der Waals surface area contributed by atoms with Crippen LogP contribution in [0.4, 0.5) is 5.69 Å². The summed E-state index contributed by atoms with van der Waals surface area (Å²) in [5.74, 6) is -1.25. The second-order valence-corrected chi connectivity index (χ2v) is 8.04. The molecule has 0 spiro atoms. The zero-order valence-corrected chi connectivity index (χ0v) is 16.8. The molecular weight excluding hydrogens is 366 g/mol. The van der Waals surface area contributed by atoms with E-state index in [0.717, 1.165) is 5.75 Å². The molecule has 3 aliphatic heterocycles. The van der Waals surface area contributed by atoms with E-state index in [1.165, 1.54) is 0 Å². The first-order valence-electron chi connectivity index (χ1n) is 9.58. The highest BCUT2D eigenvalue weighted by Crippen LogP contribution is 2.44. The van der Waals surface area contributed by atoms with E-state index in [9.17, 15) is 4.79 Å². The Hall–Kier alpha value is -1.71. The first-order chi connectivity index (χ1) is 13.2. The molecule has 1 aromatic rings. The van der Waals surface area contributed by atoms with E-state index in [0.29, 0.717) is 12.3 Å². The lowest BCUT2D eigenvalue weighted by atomic mass is 9.98. The molecule has 3 fully saturated rings. The molecule has 0 bridgehead atoms. The fourth-order valence-corrected chi connectivity index (χ4v) is 3.84. The molecule has 3 heterocycles. The highest BCUT2D eigenvalue weighted by Gasteiger charge is 2.62. The van der Waals surface area contributed by atoms with Crippen molar-refractivity contribution in [2.75, 3.05) is 11.9 Å². The summed E-state index contributed by atoms with van der Waals surface area (Å²) in [5, 5.41) is 2.87. The molecule has 5 atom stereocenters. The van der Waals surface area contributed by atoms with Crippen molar-refractivity contribution in [1.82, 2.24) is 0 Å². The minimum atomic E-state index is -0.892. The number of hydrogen-bond acceptors (Lipinski definition) is 7. The third kappa shape index (κ3) is 3.75. The van der Waals surface area contributed by atoms with Crippen LogP contribution in [0.2, 0.25) is 0 Å². The van der Waals surface area contributed by atoms with Gasteiger partial charge in [-0.1, -0.05) is 0 Å². The van der Waals surface area contributed by atoms with Gasteiger partial charge in [0.15, 0.2) is 24.0 Å². The summed E-state index contributed by atoms with van der Waals surface area (Å²) in [4.78, 5) is 13.0. The molecule has 0 aliphatic carbocycles. The number of amides is 1. The van der Waals surface area contributed by atoms with Crippen LogP contribution in [0.15, 0.2) is 24.3 Å². The quantitative estimate of drug-likeness (QED) is 0.841. The van der Waals surface area contributed by atoms with Crippen molar-refractivity contribution in [3.05, 3.63) is 24.3 Å². The van der Waals surface area contributed by atoms with Crippen LogP contribution in [0.25, 0.3) is 0 Å². The monoisotopic (exact) mass is 393 g/mol. The maximum Gasteiger partial charge on any atom is 0.256 e. The molecular formula is C20H27NO7. The third-order valence-corrected chi connectivity index (χ3v) is 4.85. The Morgan fingerprint density at radius 2 is 1.57 bits per heavy atom. The molecule has 3 saturated heterocycles. The van der Waals surface area contributed by atoms with Gasteiger partial charge in [-0.25, -0.2) is 0 Å². The van der Waals surface area contributed by atoms with E-state index >= 15 is 0 Å². The Balaban J connectivity index is 1.52. The topological polar surface area (TPSA) is 84.5 Å². The Bertz CT molecular complexity index is 733. The normalized spacial score (nSPS) is 35.1. The molecule has 28 heavy (non-hydrogen) atoms. The molecule has 0 radical (unpaired) electrons. The van der Waals surface area contributed by atoms with E-state index in [-0.39, 0.29) is 5.91 Å². The van der Waals surface area contributed by atoms with Gasteiger partial charge in [0.2, 0.25) is 0 Å². The molecule has 0 unspecified atom stereocenters. The minimum absolute atomic E-state index is 0.327. The van der Waals surface area contributed by atoms with Gasteiger partial charge in [-0.2, -0.15) is 0 Å². The zero-order chi connectivity index (χ0) is 20.1. The largest absolute Gasteiger partial charge is 0.494 e. The molecule has 0 aromatic heterocycles. The maximum atomic E-state index is 13.0. The predicted octanol–water partition coefficient (Wildman–Crippen LogP) is 2.42. The van der Waals surface area contributed by atoms with Crippen LogP contribution in [0, 0.1) is 0 Å². The molecule has 8 heteroatoms. The lowest BCUT2D eigenvalue weighted by Crippen LogP contribution is -2.58. The Labute approximate surface area is 164 Å². The van der Waals surface area contributed by atoms with Crippen molar-refractivity contribution in [3.63, 3.8) is 0 Å². The van der Waals surface area contributed by atoms with E-state index < -0.39 is 42.3 Å². The third-order valence-electron chi connectivity index (χ3n) is 4.85. The van der Waals surface area contributed by atoms with Gasteiger partial charge >= 0.3 is 0 Å². The smallest absolute Gasteiger partial charge is 0.256 e. The molecule has 1 amide bonds. The second-order valence-electron chi connectivity index (χ2n) is 8.04. The van der Waals surface area contributed by atoms with Crippen molar-refractivity contribution in [2.45, 2.75) is 76.9 Å². The maximum absolute atomic E-state index is 13.0. The zero-order valence-electron chi connectivity index (χ0n) is 16.8. The Morgan fingerprint density at radius 3 is 2.25 bits per heavy atom. The first kappa shape index (κ1) is 19.6. The SMILES string of the molecule is CCOc1ccc(NC(=O)[C@@H]2O[C@@H]3OC(C)(C)O[C@@H]3[C@@H]3OC(C)(C)O[C@@H]32)cc1. The summed E-state index contributed by atoms with van der Waals surface area (Å²) in [7, 11) is 0. The summed E-state index contributed by atoms with van der Waals surface area (Å²) in [6.07, 6.45) is -3.12. The standard InChI is InChI=1S/C20H27NO7/c1-6-23-12-9-7-11(8-10-12)21-17(22)15-13-14(26-19(2,3)25-13)16-18(24-15)28-20(4,5)27-16/h7-10,13-16,18H,6H2,1-5H3,(H,21,22)/t13-,14+,15+,16+,18+/m0/s1. The van der Waals surface area contributed by atoms with Gasteiger partial charge in [-0.3, -0.25) is 4.79 Å². The van der Waals surface area contributed by atoms with Gasteiger partial charge in [0.05, 0.1) is 6.61 Å². The fraction of sp³-hybridized carbons (Fsp3) is 0.650. The Kier molecular flexibility index (Phi) is 4.87. The highest BCUT2D eigenvalue weighted by molar-refractivity contribution is 5.94. The number of hydrogen-bond donors (Lipinski definition) is 1. The van der Waals surface area contributed by atoms with Crippen LogP contribution in [-0.4, -0.2) is 54.8 Å². The number of carbonyl (C=O) groups is 1. The number of rotatable bonds is 4. The lowest BCUT2D eigenvalue weighted by molar-refractivity contribution is -0.229. The second kappa shape index (κ2) is 6.96. The molecule has 0 saturated carbocycles. The van der Waals surface area contributed by atoms with Crippen LogP contribution in [0.1, 0.15) is 34.6 Å². The molecule has 154 valence electrons. The summed E-state index contributed by atoms with van der Waals surface area (Å²) in [5.41, 5.74) is 0.637. The van der Waals surface area contributed by atoms with Crippen molar-refractivity contribution in [3.8, 4) is 5.75 Å². The van der Waals surface area contributed by atoms with Gasteiger partial charge in [-0.05, 0) is 58.9 Å².